The Hall–Kier alpha value is -2.50. The number of para-hydroxylation sites is 1. The van der Waals surface area contributed by atoms with E-state index in [1.54, 1.807) is 6.20 Å². The number of amides is 2. The van der Waals surface area contributed by atoms with Gasteiger partial charge in [0.1, 0.15) is 6.04 Å². The van der Waals surface area contributed by atoms with Gasteiger partial charge in [0.25, 0.3) is 0 Å². The summed E-state index contributed by atoms with van der Waals surface area (Å²) < 4.78 is 0. The molecular formula is C15H19N3O3. The van der Waals surface area contributed by atoms with Crippen LogP contribution in [-0.4, -0.2) is 34.7 Å². The third kappa shape index (κ3) is 3.75. The number of hydrogen-bond donors (Lipinski definition) is 4. The van der Waals surface area contributed by atoms with E-state index >= 15 is 0 Å². The summed E-state index contributed by atoms with van der Waals surface area (Å²) in [5.74, 6) is -1.05. The molecule has 2 amide bonds. The molecule has 6 heteroatoms. The standard InChI is InChI=1S/C15H19N3O3/c1-2-7-16-15(21)18-13(14(19)20)8-10-9-17-12-6-4-3-5-11(10)12/h3-6,9,13,17H,2,7-8H2,1H3,(H,19,20)(H2,16,18,21). The molecule has 1 aromatic carbocycles. The van der Waals surface area contributed by atoms with Crippen molar-refractivity contribution < 1.29 is 14.7 Å². The number of benzene rings is 1. The van der Waals surface area contributed by atoms with Crippen LogP contribution in [0, 0.1) is 0 Å². The van der Waals surface area contributed by atoms with Gasteiger partial charge in [-0.25, -0.2) is 9.59 Å². The minimum atomic E-state index is -1.05. The maximum Gasteiger partial charge on any atom is 0.326 e. The summed E-state index contributed by atoms with van der Waals surface area (Å²) in [5.41, 5.74) is 1.82. The Morgan fingerprint density at radius 2 is 2.10 bits per heavy atom. The summed E-state index contributed by atoms with van der Waals surface area (Å²) >= 11 is 0. The van der Waals surface area contributed by atoms with Crippen molar-refractivity contribution in [1.29, 1.82) is 0 Å². The number of carboxylic acid groups (broad SMARTS) is 1. The molecule has 0 saturated heterocycles. The highest BCUT2D eigenvalue weighted by molar-refractivity contribution is 5.86. The first-order valence-corrected chi connectivity index (χ1v) is 6.94. The lowest BCUT2D eigenvalue weighted by Crippen LogP contribution is -2.47. The van der Waals surface area contributed by atoms with Gasteiger partial charge in [-0.15, -0.1) is 0 Å². The van der Waals surface area contributed by atoms with E-state index < -0.39 is 18.0 Å². The second kappa shape index (κ2) is 6.78. The van der Waals surface area contributed by atoms with Crippen molar-refractivity contribution in [2.45, 2.75) is 25.8 Å². The van der Waals surface area contributed by atoms with Crippen LogP contribution in [0.15, 0.2) is 30.5 Å². The second-order valence-electron chi connectivity index (χ2n) is 4.85. The van der Waals surface area contributed by atoms with Gasteiger partial charge < -0.3 is 20.7 Å². The molecule has 21 heavy (non-hydrogen) atoms. The van der Waals surface area contributed by atoms with Crippen molar-refractivity contribution in [2.75, 3.05) is 6.54 Å². The molecule has 1 atom stereocenters. The number of carbonyl (C=O) groups excluding carboxylic acids is 1. The van der Waals surface area contributed by atoms with Crippen LogP contribution in [0.4, 0.5) is 4.79 Å². The number of rotatable bonds is 6. The fourth-order valence-electron chi connectivity index (χ4n) is 2.17. The number of carbonyl (C=O) groups is 2. The Morgan fingerprint density at radius 3 is 2.81 bits per heavy atom. The number of nitrogens with one attached hydrogen (secondary N) is 3. The lowest BCUT2D eigenvalue weighted by molar-refractivity contribution is -0.139. The van der Waals surface area contributed by atoms with Gasteiger partial charge in [-0.1, -0.05) is 25.1 Å². The van der Waals surface area contributed by atoms with Crippen LogP contribution in [0.1, 0.15) is 18.9 Å². The molecule has 0 saturated carbocycles. The maximum absolute atomic E-state index is 11.6. The van der Waals surface area contributed by atoms with E-state index in [9.17, 15) is 14.7 Å². The molecule has 0 radical (unpaired) electrons. The number of fused-ring (bicyclic) bond motifs is 1. The van der Waals surface area contributed by atoms with Crippen molar-refractivity contribution >= 4 is 22.9 Å². The van der Waals surface area contributed by atoms with Crippen LogP contribution in [0.25, 0.3) is 10.9 Å². The van der Waals surface area contributed by atoms with Crippen LogP contribution < -0.4 is 10.6 Å². The molecule has 6 nitrogen and oxygen atoms in total. The predicted molar refractivity (Wildman–Crippen MR) is 80.3 cm³/mol. The predicted octanol–water partition coefficient (Wildman–Crippen LogP) is 1.87. The summed E-state index contributed by atoms with van der Waals surface area (Å²) in [5, 5.41) is 15.3. The fourth-order valence-corrected chi connectivity index (χ4v) is 2.17. The molecule has 1 heterocycles. The van der Waals surface area contributed by atoms with Gasteiger partial charge in [0.2, 0.25) is 0 Å². The normalized spacial score (nSPS) is 12.0. The van der Waals surface area contributed by atoms with Gasteiger partial charge in [-0.2, -0.15) is 0 Å². The molecule has 1 unspecified atom stereocenters. The van der Waals surface area contributed by atoms with Crippen molar-refractivity contribution in [3.63, 3.8) is 0 Å². The molecule has 4 N–H and O–H groups in total. The Bertz CT molecular complexity index is 636. The Kier molecular flexibility index (Phi) is 4.81. The highest BCUT2D eigenvalue weighted by atomic mass is 16.4. The minimum absolute atomic E-state index is 0.235. The van der Waals surface area contributed by atoms with Gasteiger partial charge in [0, 0.05) is 30.1 Å². The van der Waals surface area contributed by atoms with E-state index in [-0.39, 0.29) is 6.42 Å². The molecule has 2 rings (SSSR count). The summed E-state index contributed by atoms with van der Waals surface area (Å²) in [7, 11) is 0. The van der Waals surface area contributed by atoms with Gasteiger partial charge in [0.05, 0.1) is 0 Å². The Balaban J connectivity index is 2.09. The number of urea groups is 1. The van der Waals surface area contributed by atoms with E-state index in [1.165, 1.54) is 0 Å². The van der Waals surface area contributed by atoms with Crippen LogP contribution in [0.2, 0.25) is 0 Å². The SMILES string of the molecule is CCCNC(=O)NC(Cc1c[nH]c2ccccc12)C(=O)O. The molecule has 0 aliphatic carbocycles. The van der Waals surface area contributed by atoms with E-state index in [0.717, 1.165) is 22.9 Å². The zero-order valence-corrected chi connectivity index (χ0v) is 11.8. The quantitative estimate of drug-likeness (QED) is 0.654. The molecule has 0 aliphatic heterocycles. The maximum atomic E-state index is 11.6. The fraction of sp³-hybridized carbons (Fsp3) is 0.333. The van der Waals surface area contributed by atoms with Gasteiger partial charge in [0.15, 0.2) is 0 Å². The van der Waals surface area contributed by atoms with Gasteiger partial charge in [-0.05, 0) is 18.1 Å². The van der Waals surface area contributed by atoms with E-state index in [1.807, 2.05) is 31.2 Å². The van der Waals surface area contributed by atoms with Crippen LogP contribution in [0.5, 0.6) is 0 Å². The van der Waals surface area contributed by atoms with E-state index in [0.29, 0.717) is 6.54 Å². The van der Waals surface area contributed by atoms with Crippen molar-refractivity contribution in [3.05, 3.63) is 36.0 Å². The number of hydrogen-bond acceptors (Lipinski definition) is 2. The van der Waals surface area contributed by atoms with Crippen LogP contribution >= 0.6 is 0 Å². The number of aromatic amines is 1. The lowest BCUT2D eigenvalue weighted by atomic mass is 10.1. The number of carboxylic acids is 1. The third-order valence-electron chi connectivity index (χ3n) is 3.24. The topological polar surface area (TPSA) is 94.2 Å². The summed E-state index contributed by atoms with van der Waals surface area (Å²) in [6.07, 6.45) is 2.82. The highest BCUT2D eigenvalue weighted by Gasteiger charge is 2.21. The largest absolute Gasteiger partial charge is 0.480 e. The lowest BCUT2D eigenvalue weighted by Gasteiger charge is -2.14. The van der Waals surface area contributed by atoms with Crippen molar-refractivity contribution in [1.82, 2.24) is 15.6 Å². The van der Waals surface area contributed by atoms with E-state index in [2.05, 4.69) is 15.6 Å². The Labute approximate surface area is 122 Å². The van der Waals surface area contributed by atoms with Crippen LogP contribution in [-0.2, 0) is 11.2 Å². The van der Waals surface area contributed by atoms with Crippen LogP contribution in [0.3, 0.4) is 0 Å². The van der Waals surface area contributed by atoms with E-state index in [4.69, 9.17) is 0 Å². The molecule has 2 aromatic rings. The first-order chi connectivity index (χ1) is 10.1. The smallest absolute Gasteiger partial charge is 0.326 e. The van der Waals surface area contributed by atoms with Crippen molar-refractivity contribution in [2.24, 2.45) is 0 Å². The summed E-state index contributed by atoms with van der Waals surface area (Å²) in [4.78, 5) is 26.0. The minimum Gasteiger partial charge on any atom is -0.480 e. The van der Waals surface area contributed by atoms with Gasteiger partial charge in [-0.3, -0.25) is 0 Å². The third-order valence-corrected chi connectivity index (χ3v) is 3.24. The first kappa shape index (κ1) is 14.9. The summed E-state index contributed by atoms with van der Waals surface area (Å²) in [6, 6.07) is 6.25. The number of aliphatic carboxylic acids is 1. The molecule has 0 bridgehead atoms. The Morgan fingerprint density at radius 1 is 1.33 bits per heavy atom. The molecular weight excluding hydrogens is 270 g/mol. The summed E-state index contributed by atoms with van der Waals surface area (Å²) in [6.45, 7) is 2.45. The monoisotopic (exact) mass is 289 g/mol. The first-order valence-electron chi connectivity index (χ1n) is 6.94. The zero-order chi connectivity index (χ0) is 15.2. The molecule has 0 spiro atoms. The van der Waals surface area contributed by atoms with Crippen molar-refractivity contribution in [3.8, 4) is 0 Å². The molecule has 0 fully saturated rings. The highest BCUT2D eigenvalue weighted by Crippen LogP contribution is 2.19. The second-order valence-corrected chi connectivity index (χ2v) is 4.85. The number of H-pyrrole nitrogens is 1. The zero-order valence-electron chi connectivity index (χ0n) is 11.8. The average Bonchev–Trinajstić information content (AvgIpc) is 2.87. The molecule has 1 aromatic heterocycles. The molecule has 0 aliphatic rings. The number of aromatic nitrogens is 1. The average molecular weight is 289 g/mol. The van der Waals surface area contributed by atoms with Gasteiger partial charge >= 0.3 is 12.0 Å². The molecule has 112 valence electrons.